The van der Waals surface area contributed by atoms with E-state index in [0.29, 0.717) is 19.6 Å². The van der Waals surface area contributed by atoms with Crippen molar-refractivity contribution in [2.24, 2.45) is 11.8 Å². The van der Waals surface area contributed by atoms with E-state index in [1.54, 1.807) is 7.05 Å². The number of hydrogen-bond donors (Lipinski definition) is 1. The van der Waals surface area contributed by atoms with Gasteiger partial charge < -0.3 is 5.11 Å². The molecule has 2 amide bonds. The zero-order valence-corrected chi connectivity index (χ0v) is 8.14. The number of aliphatic hydroxyl groups excluding tert-OH is 1. The number of carbonyl (C=O) groups is 2. The number of carbonyl (C=O) groups excluding carboxylic acids is 2. The summed E-state index contributed by atoms with van der Waals surface area (Å²) in [6, 6.07) is 0. The Kier molecular flexibility index (Phi) is 2.28. The van der Waals surface area contributed by atoms with Crippen LogP contribution in [0.25, 0.3) is 0 Å². The van der Waals surface area contributed by atoms with Crippen LogP contribution in [0.4, 0.5) is 0 Å². The van der Waals surface area contributed by atoms with Crippen molar-refractivity contribution >= 4 is 11.8 Å². The van der Waals surface area contributed by atoms with Gasteiger partial charge in [0.1, 0.15) is 0 Å². The standard InChI is InChI=1S/C9H14N2O3/c1-10-8(13)6-4-11(2-3-12)5-7(6)9(10)14/h6-7,12H,2-5H2,1H3. The molecule has 2 atom stereocenters. The Hall–Kier alpha value is -0.940. The molecule has 2 heterocycles. The highest BCUT2D eigenvalue weighted by molar-refractivity contribution is 6.05. The molecule has 5 nitrogen and oxygen atoms in total. The summed E-state index contributed by atoms with van der Waals surface area (Å²) in [5.41, 5.74) is 0. The molecule has 2 fully saturated rings. The van der Waals surface area contributed by atoms with E-state index in [-0.39, 0.29) is 30.3 Å². The van der Waals surface area contributed by atoms with Crippen molar-refractivity contribution in [3.05, 3.63) is 0 Å². The Labute approximate surface area is 82.3 Å². The molecule has 0 aromatic carbocycles. The Balaban J connectivity index is 2.09. The largest absolute Gasteiger partial charge is 0.395 e. The third-order valence-electron chi connectivity index (χ3n) is 3.11. The maximum Gasteiger partial charge on any atom is 0.234 e. The molecule has 0 bridgehead atoms. The van der Waals surface area contributed by atoms with E-state index >= 15 is 0 Å². The van der Waals surface area contributed by atoms with Gasteiger partial charge in [-0.1, -0.05) is 0 Å². The summed E-state index contributed by atoms with van der Waals surface area (Å²) in [6.45, 7) is 1.86. The first-order chi connectivity index (χ1) is 6.65. The average Bonchev–Trinajstić information content (AvgIpc) is 2.65. The van der Waals surface area contributed by atoms with E-state index in [4.69, 9.17) is 5.11 Å². The molecule has 2 aliphatic rings. The Bertz CT molecular complexity index is 255. The van der Waals surface area contributed by atoms with Crippen LogP contribution in [0.1, 0.15) is 0 Å². The molecule has 78 valence electrons. The van der Waals surface area contributed by atoms with Crippen LogP contribution in [0.5, 0.6) is 0 Å². The number of fused-ring (bicyclic) bond motifs is 1. The van der Waals surface area contributed by atoms with E-state index in [0.717, 1.165) is 0 Å². The molecular weight excluding hydrogens is 184 g/mol. The minimum atomic E-state index is -0.168. The van der Waals surface area contributed by atoms with Gasteiger partial charge in [-0.25, -0.2) is 0 Å². The summed E-state index contributed by atoms with van der Waals surface area (Å²) in [6.07, 6.45) is 0. The molecule has 0 aliphatic carbocycles. The lowest BCUT2D eigenvalue weighted by atomic mass is 10.00. The van der Waals surface area contributed by atoms with Crippen molar-refractivity contribution in [3.63, 3.8) is 0 Å². The highest BCUT2D eigenvalue weighted by atomic mass is 16.3. The van der Waals surface area contributed by atoms with Gasteiger partial charge in [0.05, 0.1) is 18.4 Å². The van der Waals surface area contributed by atoms with Gasteiger partial charge in [-0.15, -0.1) is 0 Å². The Morgan fingerprint density at radius 1 is 1.29 bits per heavy atom. The number of likely N-dealkylation sites (tertiary alicyclic amines) is 2. The molecule has 0 aromatic heterocycles. The molecule has 0 spiro atoms. The van der Waals surface area contributed by atoms with Crippen molar-refractivity contribution in [3.8, 4) is 0 Å². The van der Waals surface area contributed by atoms with E-state index < -0.39 is 0 Å². The van der Waals surface area contributed by atoms with Gasteiger partial charge in [0.25, 0.3) is 0 Å². The molecule has 0 radical (unpaired) electrons. The Morgan fingerprint density at radius 3 is 2.21 bits per heavy atom. The fourth-order valence-corrected chi connectivity index (χ4v) is 2.32. The van der Waals surface area contributed by atoms with Crippen LogP contribution in [0.15, 0.2) is 0 Å². The van der Waals surface area contributed by atoms with E-state index in [1.807, 2.05) is 4.90 Å². The number of nitrogens with zero attached hydrogens (tertiary/aromatic N) is 2. The quantitative estimate of drug-likeness (QED) is 0.550. The number of β-amino-alcohol motifs (C(OH)–C–C–N with tert-alkyl or cyclic N) is 1. The van der Waals surface area contributed by atoms with Gasteiger partial charge in [0.15, 0.2) is 0 Å². The second-order valence-electron chi connectivity index (χ2n) is 3.93. The number of aliphatic hydroxyl groups is 1. The van der Waals surface area contributed by atoms with Crippen molar-refractivity contribution in [1.82, 2.24) is 9.80 Å². The number of imide groups is 1. The summed E-state index contributed by atoms with van der Waals surface area (Å²) >= 11 is 0. The third kappa shape index (κ3) is 1.24. The summed E-state index contributed by atoms with van der Waals surface area (Å²) < 4.78 is 0. The van der Waals surface area contributed by atoms with Crippen LogP contribution >= 0.6 is 0 Å². The van der Waals surface area contributed by atoms with Gasteiger partial charge in [0.2, 0.25) is 11.8 Å². The van der Waals surface area contributed by atoms with Gasteiger partial charge in [-0.3, -0.25) is 19.4 Å². The lowest BCUT2D eigenvalue weighted by Crippen LogP contribution is -2.34. The zero-order chi connectivity index (χ0) is 10.3. The first-order valence-electron chi connectivity index (χ1n) is 4.79. The van der Waals surface area contributed by atoms with Crippen molar-refractivity contribution in [1.29, 1.82) is 0 Å². The van der Waals surface area contributed by atoms with Gasteiger partial charge >= 0.3 is 0 Å². The molecule has 0 saturated carbocycles. The molecule has 2 unspecified atom stereocenters. The van der Waals surface area contributed by atoms with Gasteiger partial charge in [-0.05, 0) is 0 Å². The highest BCUT2D eigenvalue weighted by Crippen LogP contribution is 2.31. The lowest BCUT2D eigenvalue weighted by Gasteiger charge is -2.16. The molecular formula is C9H14N2O3. The molecule has 1 N–H and O–H groups in total. The SMILES string of the molecule is CN1C(=O)C2CN(CCO)CC2C1=O. The maximum atomic E-state index is 11.6. The smallest absolute Gasteiger partial charge is 0.234 e. The highest BCUT2D eigenvalue weighted by Gasteiger charge is 2.50. The fraction of sp³-hybridized carbons (Fsp3) is 0.778. The van der Waals surface area contributed by atoms with Crippen molar-refractivity contribution in [2.45, 2.75) is 0 Å². The first kappa shape index (κ1) is 9.61. The second kappa shape index (κ2) is 3.33. The molecule has 2 rings (SSSR count). The van der Waals surface area contributed by atoms with Crippen molar-refractivity contribution in [2.75, 3.05) is 33.3 Å². The van der Waals surface area contributed by atoms with Gasteiger partial charge in [0, 0.05) is 26.7 Å². The van der Waals surface area contributed by atoms with Gasteiger partial charge in [-0.2, -0.15) is 0 Å². The monoisotopic (exact) mass is 198 g/mol. The number of hydrogen-bond acceptors (Lipinski definition) is 4. The van der Waals surface area contributed by atoms with Crippen LogP contribution < -0.4 is 0 Å². The molecule has 2 aliphatic heterocycles. The van der Waals surface area contributed by atoms with E-state index in [1.165, 1.54) is 4.90 Å². The Morgan fingerprint density at radius 2 is 1.79 bits per heavy atom. The molecule has 14 heavy (non-hydrogen) atoms. The van der Waals surface area contributed by atoms with Crippen LogP contribution in [0.2, 0.25) is 0 Å². The second-order valence-corrected chi connectivity index (χ2v) is 3.93. The van der Waals surface area contributed by atoms with Crippen LogP contribution in [0.3, 0.4) is 0 Å². The average molecular weight is 198 g/mol. The predicted octanol–water partition coefficient (Wildman–Crippen LogP) is -1.47. The number of rotatable bonds is 2. The predicted molar refractivity (Wildman–Crippen MR) is 48.3 cm³/mol. The fourth-order valence-electron chi connectivity index (χ4n) is 2.32. The maximum absolute atomic E-state index is 11.6. The summed E-state index contributed by atoms with van der Waals surface area (Å²) in [7, 11) is 1.54. The molecule has 5 heteroatoms. The van der Waals surface area contributed by atoms with Crippen molar-refractivity contribution < 1.29 is 14.7 Å². The first-order valence-corrected chi connectivity index (χ1v) is 4.79. The van der Waals surface area contributed by atoms with Crippen LogP contribution in [-0.2, 0) is 9.59 Å². The minimum absolute atomic E-state index is 0.0690. The molecule has 0 aromatic rings. The minimum Gasteiger partial charge on any atom is -0.395 e. The normalized spacial score (nSPS) is 32.9. The summed E-state index contributed by atoms with van der Waals surface area (Å²) in [4.78, 5) is 26.3. The van der Waals surface area contributed by atoms with Crippen LogP contribution in [0, 0.1) is 11.8 Å². The summed E-state index contributed by atoms with van der Waals surface area (Å²) in [5, 5.41) is 8.75. The van der Waals surface area contributed by atoms with Crippen LogP contribution in [-0.4, -0.2) is 60.0 Å². The zero-order valence-electron chi connectivity index (χ0n) is 8.14. The summed E-state index contributed by atoms with van der Waals surface area (Å²) in [5.74, 6) is -0.473. The van der Waals surface area contributed by atoms with E-state index in [9.17, 15) is 9.59 Å². The third-order valence-corrected chi connectivity index (χ3v) is 3.11. The topological polar surface area (TPSA) is 60.9 Å². The lowest BCUT2D eigenvalue weighted by molar-refractivity contribution is -0.138. The number of amides is 2. The molecule has 2 saturated heterocycles. The van der Waals surface area contributed by atoms with E-state index in [2.05, 4.69) is 0 Å².